The lowest BCUT2D eigenvalue weighted by molar-refractivity contribution is 0.166. The predicted octanol–water partition coefficient (Wildman–Crippen LogP) is -0.0466. The molecule has 0 amide bonds. The smallest absolute Gasteiger partial charge is 0.152 e. The maximum absolute atomic E-state index is 11.4. The van der Waals surface area contributed by atoms with Gasteiger partial charge in [0, 0.05) is 19.6 Å². The molecule has 1 heterocycles. The SMILES string of the molecule is NC(CO)(CCN1CCS(=O)(=O)CC1)c1ccccc1. The van der Waals surface area contributed by atoms with Crippen LogP contribution in [0.25, 0.3) is 0 Å². The predicted molar refractivity (Wildman–Crippen MR) is 79.1 cm³/mol. The molecule has 2 rings (SSSR count). The molecule has 0 radical (unpaired) electrons. The largest absolute Gasteiger partial charge is 0.394 e. The summed E-state index contributed by atoms with van der Waals surface area (Å²) in [6.45, 7) is 1.68. The lowest BCUT2D eigenvalue weighted by Gasteiger charge is -2.33. The van der Waals surface area contributed by atoms with Crippen molar-refractivity contribution in [1.82, 2.24) is 4.90 Å². The van der Waals surface area contributed by atoms with Crippen molar-refractivity contribution < 1.29 is 13.5 Å². The Morgan fingerprint density at radius 2 is 1.80 bits per heavy atom. The zero-order valence-electron chi connectivity index (χ0n) is 11.5. The summed E-state index contributed by atoms with van der Waals surface area (Å²) in [6, 6.07) is 9.55. The zero-order valence-corrected chi connectivity index (χ0v) is 12.3. The summed E-state index contributed by atoms with van der Waals surface area (Å²) >= 11 is 0. The molecule has 0 bridgehead atoms. The molecule has 112 valence electrons. The highest BCUT2D eigenvalue weighted by atomic mass is 32.2. The number of nitrogens with two attached hydrogens (primary N) is 1. The van der Waals surface area contributed by atoms with Gasteiger partial charge in [0.2, 0.25) is 0 Å². The first-order valence-corrected chi connectivity index (χ1v) is 8.65. The van der Waals surface area contributed by atoms with Crippen molar-refractivity contribution in [1.29, 1.82) is 0 Å². The quantitative estimate of drug-likeness (QED) is 0.796. The first kappa shape index (κ1) is 15.4. The maximum Gasteiger partial charge on any atom is 0.152 e. The lowest BCUT2D eigenvalue weighted by Crippen LogP contribution is -2.46. The van der Waals surface area contributed by atoms with Gasteiger partial charge >= 0.3 is 0 Å². The second kappa shape index (κ2) is 6.22. The normalized spacial score (nSPS) is 22.3. The van der Waals surface area contributed by atoms with Gasteiger partial charge in [0.1, 0.15) is 0 Å². The van der Waals surface area contributed by atoms with Crippen LogP contribution in [0.2, 0.25) is 0 Å². The van der Waals surface area contributed by atoms with Crippen LogP contribution in [0.3, 0.4) is 0 Å². The molecule has 1 saturated heterocycles. The fraction of sp³-hybridized carbons (Fsp3) is 0.571. The van der Waals surface area contributed by atoms with Crippen molar-refractivity contribution in [3.8, 4) is 0 Å². The molecule has 1 unspecified atom stereocenters. The van der Waals surface area contributed by atoms with Crippen LogP contribution in [0.1, 0.15) is 12.0 Å². The van der Waals surface area contributed by atoms with Gasteiger partial charge < -0.3 is 15.7 Å². The lowest BCUT2D eigenvalue weighted by atomic mass is 9.88. The molecule has 3 N–H and O–H groups in total. The van der Waals surface area contributed by atoms with Gasteiger partial charge in [-0.25, -0.2) is 8.42 Å². The zero-order chi connectivity index (χ0) is 14.6. The van der Waals surface area contributed by atoms with E-state index in [2.05, 4.69) is 4.90 Å². The minimum atomic E-state index is -2.85. The molecular weight excluding hydrogens is 276 g/mol. The van der Waals surface area contributed by atoms with Crippen molar-refractivity contribution in [2.45, 2.75) is 12.0 Å². The van der Waals surface area contributed by atoms with Crippen molar-refractivity contribution in [2.24, 2.45) is 5.73 Å². The number of aliphatic hydroxyl groups is 1. The highest BCUT2D eigenvalue weighted by molar-refractivity contribution is 7.91. The molecule has 1 aliphatic rings. The minimum Gasteiger partial charge on any atom is -0.394 e. The first-order valence-electron chi connectivity index (χ1n) is 6.83. The Labute approximate surface area is 120 Å². The number of hydrogen-bond acceptors (Lipinski definition) is 5. The average Bonchev–Trinajstić information content (AvgIpc) is 2.47. The third-order valence-corrected chi connectivity index (χ3v) is 5.55. The topological polar surface area (TPSA) is 83.6 Å². The Kier molecular flexibility index (Phi) is 4.80. The number of rotatable bonds is 5. The number of nitrogens with zero attached hydrogens (tertiary/aromatic N) is 1. The Bertz CT molecular complexity index is 519. The van der Waals surface area contributed by atoms with Crippen molar-refractivity contribution >= 4 is 9.84 Å². The van der Waals surface area contributed by atoms with E-state index in [0.717, 1.165) is 5.56 Å². The van der Waals surface area contributed by atoms with E-state index in [0.29, 0.717) is 26.1 Å². The number of hydrogen-bond donors (Lipinski definition) is 2. The molecule has 5 nitrogen and oxygen atoms in total. The van der Waals surface area contributed by atoms with Crippen LogP contribution in [-0.2, 0) is 15.4 Å². The summed E-state index contributed by atoms with van der Waals surface area (Å²) in [5.74, 6) is 0.435. The number of aliphatic hydroxyl groups excluding tert-OH is 1. The van der Waals surface area contributed by atoms with Crippen molar-refractivity contribution in [3.05, 3.63) is 35.9 Å². The summed E-state index contributed by atoms with van der Waals surface area (Å²) in [4.78, 5) is 2.10. The molecule has 20 heavy (non-hydrogen) atoms. The molecular formula is C14H22N2O3S. The van der Waals surface area contributed by atoms with Crippen LogP contribution in [0.15, 0.2) is 30.3 Å². The van der Waals surface area contributed by atoms with Crippen LogP contribution in [-0.4, -0.2) is 56.2 Å². The van der Waals surface area contributed by atoms with E-state index in [1.165, 1.54) is 0 Å². The van der Waals surface area contributed by atoms with Crippen molar-refractivity contribution in [3.63, 3.8) is 0 Å². The molecule has 1 fully saturated rings. The van der Waals surface area contributed by atoms with Gasteiger partial charge in [0.15, 0.2) is 9.84 Å². The minimum absolute atomic E-state index is 0.122. The molecule has 6 heteroatoms. The van der Waals surface area contributed by atoms with Gasteiger partial charge in [-0.05, 0) is 12.0 Å². The monoisotopic (exact) mass is 298 g/mol. The molecule has 0 aromatic heterocycles. The van der Waals surface area contributed by atoms with E-state index in [1.54, 1.807) is 0 Å². The third-order valence-electron chi connectivity index (χ3n) is 3.94. The highest BCUT2D eigenvalue weighted by Crippen LogP contribution is 2.22. The molecule has 1 aliphatic heterocycles. The van der Waals surface area contributed by atoms with Crippen molar-refractivity contribution in [2.75, 3.05) is 37.7 Å². The Morgan fingerprint density at radius 3 is 2.35 bits per heavy atom. The average molecular weight is 298 g/mol. The summed E-state index contributed by atoms with van der Waals surface area (Å²) in [7, 11) is -2.85. The van der Waals surface area contributed by atoms with E-state index in [9.17, 15) is 13.5 Å². The van der Waals surface area contributed by atoms with Crippen LogP contribution in [0.4, 0.5) is 0 Å². The van der Waals surface area contributed by atoms with Crippen LogP contribution in [0, 0.1) is 0 Å². The first-order chi connectivity index (χ1) is 9.45. The Morgan fingerprint density at radius 1 is 1.20 bits per heavy atom. The molecule has 1 aromatic carbocycles. The summed E-state index contributed by atoms with van der Waals surface area (Å²) in [5, 5.41) is 9.61. The molecule has 0 aliphatic carbocycles. The van der Waals surface area contributed by atoms with Gasteiger partial charge in [0.25, 0.3) is 0 Å². The molecule has 0 spiro atoms. The van der Waals surface area contributed by atoms with Gasteiger partial charge in [-0.2, -0.15) is 0 Å². The van der Waals surface area contributed by atoms with E-state index >= 15 is 0 Å². The van der Waals surface area contributed by atoms with E-state index in [1.807, 2.05) is 30.3 Å². The van der Waals surface area contributed by atoms with Crippen LogP contribution < -0.4 is 5.73 Å². The van der Waals surface area contributed by atoms with Gasteiger partial charge in [-0.3, -0.25) is 0 Å². The summed E-state index contributed by atoms with van der Waals surface area (Å²) in [5.41, 5.74) is 6.44. The Balaban J connectivity index is 1.95. The van der Waals surface area contributed by atoms with Gasteiger partial charge in [-0.1, -0.05) is 30.3 Å². The standard InChI is InChI=1S/C14H22N2O3S/c15-14(12-17,13-4-2-1-3-5-13)6-7-16-8-10-20(18,19)11-9-16/h1-5,17H,6-12,15H2. The summed E-state index contributed by atoms with van der Waals surface area (Å²) in [6.07, 6.45) is 0.605. The molecule has 1 aromatic rings. The fourth-order valence-corrected chi connectivity index (χ4v) is 3.69. The molecule has 1 atom stereocenters. The second-order valence-electron chi connectivity index (χ2n) is 5.42. The second-order valence-corrected chi connectivity index (χ2v) is 7.73. The van der Waals surface area contributed by atoms with E-state index < -0.39 is 15.4 Å². The highest BCUT2D eigenvalue weighted by Gasteiger charge is 2.28. The fourth-order valence-electron chi connectivity index (χ4n) is 2.42. The maximum atomic E-state index is 11.4. The number of sulfone groups is 1. The summed E-state index contributed by atoms with van der Waals surface area (Å²) < 4.78 is 22.8. The van der Waals surface area contributed by atoms with E-state index in [-0.39, 0.29) is 18.1 Å². The van der Waals surface area contributed by atoms with Gasteiger partial charge in [-0.15, -0.1) is 0 Å². The van der Waals surface area contributed by atoms with Gasteiger partial charge in [0.05, 0.1) is 23.7 Å². The van der Waals surface area contributed by atoms with E-state index in [4.69, 9.17) is 5.73 Å². The van der Waals surface area contributed by atoms with Crippen LogP contribution in [0.5, 0.6) is 0 Å². The van der Waals surface area contributed by atoms with Crippen LogP contribution >= 0.6 is 0 Å². The number of benzene rings is 1. The Hall–Kier alpha value is -0.950. The molecule has 0 saturated carbocycles. The third kappa shape index (κ3) is 3.79.